The molecule has 0 N–H and O–H groups in total. The van der Waals surface area contributed by atoms with Gasteiger partial charge in [0, 0.05) is 19.8 Å². The highest BCUT2D eigenvalue weighted by Gasteiger charge is 2.21. The van der Waals surface area contributed by atoms with Crippen LogP contribution in [0.5, 0.6) is 0 Å². The molecular weight excluding hydrogens is 282 g/mol. The van der Waals surface area contributed by atoms with E-state index in [0.29, 0.717) is 0 Å². The lowest BCUT2D eigenvalue weighted by Gasteiger charge is -2.16. The van der Waals surface area contributed by atoms with Crippen molar-refractivity contribution in [2.24, 2.45) is 0 Å². The van der Waals surface area contributed by atoms with Crippen LogP contribution in [0.25, 0.3) is 0 Å². The second-order valence-electron chi connectivity index (χ2n) is 3.87. The average molecular weight is 297 g/mol. The van der Waals surface area contributed by atoms with Gasteiger partial charge >= 0.3 is 5.97 Å². The summed E-state index contributed by atoms with van der Waals surface area (Å²) in [5, 5.41) is 8.61. The van der Waals surface area contributed by atoms with E-state index in [-0.39, 0.29) is 30.2 Å². The third-order valence-electron chi connectivity index (χ3n) is 2.50. The molecule has 0 spiro atoms. The predicted octanol–water partition coefficient (Wildman–Crippen LogP) is 0.527. The molecule has 0 fully saturated rings. The van der Waals surface area contributed by atoms with Crippen molar-refractivity contribution in [3.05, 3.63) is 24.0 Å². The average Bonchev–Trinajstić information content (AvgIpc) is 2.45. The molecule has 8 heteroatoms. The zero-order valence-corrected chi connectivity index (χ0v) is 12.1. The summed E-state index contributed by atoms with van der Waals surface area (Å²) in [6.45, 7) is 1.96. The second kappa shape index (κ2) is 6.98. The number of nitriles is 1. The Kier molecular flexibility index (Phi) is 5.61. The van der Waals surface area contributed by atoms with Crippen molar-refractivity contribution in [1.29, 1.82) is 5.26 Å². The molecule has 0 atom stereocenters. The van der Waals surface area contributed by atoms with Crippen LogP contribution in [-0.2, 0) is 19.6 Å². The lowest BCUT2D eigenvalue weighted by atomic mass is 10.4. The number of nitrogens with zero attached hydrogens (tertiary/aromatic N) is 3. The normalized spacial score (nSPS) is 11.1. The van der Waals surface area contributed by atoms with Crippen molar-refractivity contribution < 1.29 is 17.9 Å². The molecular formula is C12H15N3O4S. The van der Waals surface area contributed by atoms with Crippen molar-refractivity contribution in [2.75, 3.05) is 20.2 Å². The van der Waals surface area contributed by atoms with E-state index in [2.05, 4.69) is 4.98 Å². The molecule has 1 rings (SSSR count). The van der Waals surface area contributed by atoms with Gasteiger partial charge in [-0.1, -0.05) is 0 Å². The van der Waals surface area contributed by atoms with Crippen molar-refractivity contribution >= 4 is 16.0 Å². The standard InChI is InChI=1S/C12H15N3O4S/c1-3-19-12(16)6-7-15(2)20(17,18)11-5-4-10(8-13)14-9-11/h4-5,9H,3,6-7H2,1-2H3. The summed E-state index contributed by atoms with van der Waals surface area (Å²) >= 11 is 0. The van der Waals surface area contributed by atoms with Crippen molar-refractivity contribution in [2.45, 2.75) is 18.2 Å². The summed E-state index contributed by atoms with van der Waals surface area (Å²) in [5.41, 5.74) is 0.137. The smallest absolute Gasteiger partial charge is 0.307 e. The van der Waals surface area contributed by atoms with Crippen LogP contribution in [0, 0.1) is 11.3 Å². The van der Waals surface area contributed by atoms with Gasteiger partial charge in [-0.3, -0.25) is 4.79 Å². The van der Waals surface area contributed by atoms with Gasteiger partial charge in [0.2, 0.25) is 10.0 Å². The van der Waals surface area contributed by atoms with E-state index in [1.54, 1.807) is 6.92 Å². The predicted molar refractivity (Wildman–Crippen MR) is 70.0 cm³/mol. The Bertz CT molecular complexity index is 605. The molecule has 0 bridgehead atoms. The lowest BCUT2D eigenvalue weighted by Crippen LogP contribution is -2.29. The van der Waals surface area contributed by atoms with Crippen molar-refractivity contribution in [3.63, 3.8) is 0 Å². The van der Waals surface area contributed by atoms with Crippen LogP contribution in [0.3, 0.4) is 0 Å². The van der Waals surface area contributed by atoms with E-state index < -0.39 is 16.0 Å². The fourth-order valence-electron chi connectivity index (χ4n) is 1.38. The van der Waals surface area contributed by atoms with Gasteiger partial charge in [0.1, 0.15) is 16.7 Å². The van der Waals surface area contributed by atoms with Crippen LogP contribution in [-0.4, -0.2) is 43.9 Å². The van der Waals surface area contributed by atoms with Gasteiger partial charge in [-0.15, -0.1) is 0 Å². The Morgan fingerprint density at radius 1 is 1.50 bits per heavy atom. The summed E-state index contributed by atoms with van der Waals surface area (Å²) in [6, 6.07) is 4.44. The summed E-state index contributed by atoms with van der Waals surface area (Å²) < 4.78 is 30.1. The van der Waals surface area contributed by atoms with Crippen LogP contribution in [0.1, 0.15) is 19.0 Å². The summed E-state index contributed by atoms with van der Waals surface area (Å²) in [5.74, 6) is -0.451. The fourth-order valence-corrected chi connectivity index (χ4v) is 2.50. The summed E-state index contributed by atoms with van der Waals surface area (Å²) in [6.07, 6.45) is 1.10. The fraction of sp³-hybridized carbons (Fsp3) is 0.417. The van der Waals surface area contributed by atoms with Crippen LogP contribution in [0.2, 0.25) is 0 Å². The Morgan fingerprint density at radius 2 is 2.20 bits per heavy atom. The van der Waals surface area contributed by atoms with Gasteiger partial charge in [0.15, 0.2) is 0 Å². The van der Waals surface area contributed by atoms with Crippen LogP contribution in [0.4, 0.5) is 0 Å². The molecule has 0 saturated carbocycles. The van der Waals surface area contributed by atoms with Gasteiger partial charge in [-0.2, -0.15) is 5.26 Å². The number of hydrogen-bond acceptors (Lipinski definition) is 6. The van der Waals surface area contributed by atoms with E-state index >= 15 is 0 Å². The Morgan fingerprint density at radius 3 is 2.70 bits per heavy atom. The molecule has 108 valence electrons. The zero-order chi connectivity index (χ0) is 15.2. The molecule has 1 heterocycles. The molecule has 20 heavy (non-hydrogen) atoms. The minimum atomic E-state index is -3.72. The largest absolute Gasteiger partial charge is 0.466 e. The molecule has 0 saturated heterocycles. The molecule has 1 aromatic rings. The maximum absolute atomic E-state index is 12.2. The number of hydrogen-bond donors (Lipinski definition) is 0. The molecule has 0 aliphatic rings. The number of pyridine rings is 1. The first-order chi connectivity index (χ1) is 9.41. The van der Waals surface area contributed by atoms with Crippen molar-refractivity contribution in [1.82, 2.24) is 9.29 Å². The minimum absolute atomic E-state index is 0.0150. The van der Waals surface area contributed by atoms with Crippen molar-refractivity contribution in [3.8, 4) is 6.07 Å². The zero-order valence-electron chi connectivity index (χ0n) is 11.2. The molecule has 0 amide bonds. The van der Waals surface area contributed by atoms with E-state index in [9.17, 15) is 13.2 Å². The van der Waals surface area contributed by atoms with Gasteiger partial charge in [-0.05, 0) is 19.1 Å². The lowest BCUT2D eigenvalue weighted by molar-refractivity contribution is -0.143. The highest BCUT2D eigenvalue weighted by Crippen LogP contribution is 2.13. The maximum Gasteiger partial charge on any atom is 0.307 e. The Hall–Kier alpha value is -1.98. The van der Waals surface area contributed by atoms with Crippen LogP contribution < -0.4 is 0 Å². The van der Waals surface area contributed by atoms with Gasteiger partial charge < -0.3 is 4.74 Å². The first-order valence-electron chi connectivity index (χ1n) is 5.90. The maximum atomic E-state index is 12.2. The summed E-state index contributed by atoms with van der Waals surface area (Å²) in [7, 11) is -2.35. The number of aromatic nitrogens is 1. The number of rotatable bonds is 6. The quantitative estimate of drug-likeness (QED) is 0.710. The number of esters is 1. The Labute approximate surface area is 117 Å². The molecule has 0 aliphatic carbocycles. The highest BCUT2D eigenvalue weighted by molar-refractivity contribution is 7.89. The first-order valence-corrected chi connectivity index (χ1v) is 7.34. The van der Waals surface area contributed by atoms with E-state index in [0.717, 1.165) is 10.5 Å². The molecule has 0 radical (unpaired) electrons. The summed E-state index contributed by atoms with van der Waals surface area (Å²) in [4.78, 5) is 14.9. The van der Waals surface area contributed by atoms with Gasteiger partial charge in [0.05, 0.1) is 13.0 Å². The van der Waals surface area contributed by atoms with Gasteiger partial charge in [-0.25, -0.2) is 17.7 Å². The van der Waals surface area contributed by atoms with Crippen LogP contribution >= 0.6 is 0 Å². The van der Waals surface area contributed by atoms with E-state index in [4.69, 9.17) is 10.00 Å². The van der Waals surface area contributed by atoms with E-state index in [1.165, 1.54) is 19.2 Å². The SMILES string of the molecule is CCOC(=O)CCN(C)S(=O)(=O)c1ccc(C#N)nc1. The third kappa shape index (κ3) is 4.01. The number of sulfonamides is 1. The number of ether oxygens (including phenoxy) is 1. The minimum Gasteiger partial charge on any atom is -0.466 e. The van der Waals surface area contributed by atoms with Crippen LogP contribution in [0.15, 0.2) is 23.2 Å². The molecule has 7 nitrogen and oxygen atoms in total. The molecule has 0 aliphatic heterocycles. The topological polar surface area (TPSA) is 100 Å². The molecule has 0 aromatic carbocycles. The Balaban J connectivity index is 2.76. The molecule has 0 unspecified atom stereocenters. The first kappa shape index (κ1) is 16.1. The second-order valence-corrected chi connectivity index (χ2v) is 5.92. The highest BCUT2D eigenvalue weighted by atomic mass is 32.2. The number of carbonyl (C=O) groups excluding carboxylic acids is 1. The molecule has 1 aromatic heterocycles. The van der Waals surface area contributed by atoms with E-state index in [1.807, 2.05) is 6.07 Å². The monoisotopic (exact) mass is 297 g/mol. The van der Waals surface area contributed by atoms with Gasteiger partial charge in [0.25, 0.3) is 0 Å². The number of carbonyl (C=O) groups is 1. The third-order valence-corrected chi connectivity index (χ3v) is 4.34.